The van der Waals surface area contributed by atoms with Gasteiger partial charge in [-0.3, -0.25) is 4.79 Å². The molecule has 2 aromatic rings. The Kier molecular flexibility index (Phi) is 3.03. The van der Waals surface area contributed by atoms with Crippen molar-refractivity contribution in [3.63, 3.8) is 0 Å². The molecule has 4 heteroatoms. The van der Waals surface area contributed by atoms with E-state index in [0.717, 1.165) is 30.3 Å². The number of para-hydroxylation sites is 1. The van der Waals surface area contributed by atoms with Gasteiger partial charge in [0.15, 0.2) is 0 Å². The summed E-state index contributed by atoms with van der Waals surface area (Å²) in [5.41, 5.74) is 7.66. The quantitative estimate of drug-likeness (QED) is 0.783. The fraction of sp³-hybridized carbons (Fsp3) is 0.400. The van der Waals surface area contributed by atoms with E-state index in [1.165, 1.54) is 5.39 Å². The van der Waals surface area contributed by atoms with Gasteiger partial charge in [0.25, 0.3) is 0 Å². The van der Waals surface area contributed by atoms with E-state index in [-0.39, 0.29) is 11.3 Å². The minimum Gasteiger partial charge on any atom is -0.361 e. The fourth-order valence-corrected chi connectivity index (χ4v) is 2.77. The summed E-state index contributed by atoms with van der Waals surface area (Å²) < 4.78 is 0. The smallest absolute Gasteiger partial charge is 0.227 e. The Labute approximate surface area is 112 Å². The third-order valence-electron chi connectivity index (χ3n) is 4.30. The van der Waals surface area contributed by atoms with E-state index in [4.69, 9.17) is 5.73 Å². The average molecular weight is 257 g/mol. The van der Waals surface area contributed by atoms with Crippen LogP contribution in [0.1, 0.15) is 24.8 Å². The maximum Gasteiger partial charge on any atom is 0.227 e. The largest absolute Gasteiger partial charge is 0.361 e. The molecule has 0 atom stereocenters. The topological polar surface area (TPSA) is 70.9 Å². The van der Waals surface area contributed by atoms with Gasteiger partial charge in [-0.1, -0.05) is 24.6 Å². The van der Waals surface area contributed by atoms with Crippen LogP contribution in [-0.2, 0) is 11.3 Å². The fourth-order valence-electron chi connectivity index (χ4n) is 2.77. The molecule has 0 unspecified atom stereocenters. The third kappa shape index (κ3) is 2.02. The first-order valence-corrected chi connectivity index (χ1v) is 6.78. The normalized spacial score (nSPS) is 17.1. The van der Waals surface area contributed by atoms with E-state index in [9.17, 15) is 4.79 Å². The van der Waals surface area contributed by atoms with E-state index in [2.05, 4.69) is 16.4 Å². The highest BCUT2D eigenvalue weighted by molar-refractivity contribution is 5.86. The summed E-state index contributed by atoms with van der Waals surface area (Å²) in [7, 11) is 0. The molecule has 0 bridgehead atoms. The first-order chi connectivity index (χ1) is 9.25. The van der Waals surface area contributed by atoms with Crippen molar-refractivity contribution in [1.82, 2.24) is 10.3 Å². The number of amides is 1. The van der Waals surface area contributed by atoms with Crippen LogP contribution in [0.25, 0.3) is 10.9 Å². The molecule has 19 heavy (non-hydrogen) atoms. The summed E-state index contributed by atoms with van der Waals surface area (Å²) in [6.45, 7) is 1.01. The maximum atomic E-state index is 12.2. The Morgan fingerprint density at radius 1 is 1.37 bits per heavy atom. The molecular formula is C15H19N3O. The lowest BCUT2D eigenvalue weighted by atomic mass is 9.68. The minimum atomic E-state index is -0.299. The van der Waals surface area contributed by atoms with Crippen LogP contribution < -0.4 is 11.1 Å². The highest BCUT2D eigenvalue weighted by atomic mass is 16.2. The Balaban J connectivity index is 1.71. The average Bonchev–Trinajstić information content (AvgIpc) is 2.79. The summed E-state index contributed by atoms with van der Waals surface area (Å²) in [6, 6.07) is 8.11. The van der Waals surface area contributed by atoms with Crippen LogP contribution in [0.3, 0.4) is 0 Å². The zero-order chi connectivity index (χ0) is 13.3. The van der Waals surface area contributed by atoms with Crippen molar-refractivity contribution < 1.29 is 4.79 Å². The van der Waals surface area contributed by atoms with Crippen LogP contribution >= 0.6 is 0 Å². The van der Waals surface area contributed by atoms with E-state index in [1.807, 2.05) is 24.4 Å². The van der Waals surface area contributed by atoms with Crippen molar-refractivity contribution in [2.75, 3.05) is 6.54 Å². The molecular weight excluding hydrogens is 238 g/mol. The van der Waals surface area contributed by atoms with Crippen LogP contribution in [0.5, 0.6) is 0 Å². The first-order valence-electron chi connectivity index (χ1n) is 6.78. The lowest BCUT2D eigenvalue weighted by molar-refractivity contribution is -0.135. The number of benzene rings is 1. The lowest BCUT2D eigenvalue weighted by Gasteiger charge is -2.39. The number of aromatic amines is 1. The lowest BCUT2D eigenvalue weighted by Crippen LogP contribution is -2.50. The number of H-pyrrole nitrogens is 1. The van der Waals surface area contributed by atoms with Gasteiger partial charge in [0.05, 0.1) is 5.41 Å². The molecule has 1 fully saturated rings. The highest BCUT2D eigenvalue weighted by Crippen LogP contribution is 2.40. The second-order valence-corrected chi connectivity index (χ2v) is 5.38. The monoisotopic (exact) mass is 257 g/mol. The Morgan fingerprint density at radius 3 is 2.84 bits per heavy atom. The Morgan fingerprint density at radius 2 is 2.16 bits per heavy atom. The van der Waals surface area contributed by atoms with Gasteiger partial charge in [0.2, 0.25) is 5.91 Å². The molecule has 3 rings (SSSR count). The number of nitrogens with two attached hydrogens (primary N) is 1. The Bertz CT molecular complexity index is 593. The predicted molar refractivity (Wildman–Crippen MR) is 75.5 cm³/mol. The van der Waals surface area contributed by atoms with Crippen molar-refractivity contribution in [3.8, 4) is 0 Å². The number of hydrogen-bond donors (Lipinski definition) is 3. The molecule has 0 spiro atoms. The number of carbonyl (C=O) groups excluding carboxylic acids is 1. The second kappa shape index (κ2) is 4.70. The molecule has 0 aliphatic heterocycles. The molecule has 100 valence electrons. The number of nitrogens with one attached hydrogen (secondary N) is 2. The number of fused-ring (bicyclic) bond motifs is 1. The standard InChI is InChI=1S/C15H19N3O/c16-10-15(6-3-7-15)14(19)18-9-11-8-17-13-5-2-1-4-12(11)13/h1-2,4-5,8,17H,3,6-7,9-10,16H2,(H,18,19). The molecule has 4 nitrogen and oxygen atoms in total. The number of aromatic nitrogens is 1. The zero-order valence-electron chi connectivity index (χ0n) is 10.9. The van der Waals surface area contributed by atoms with E-state index < -0.39 is 0 Å². The van der Waals surface area contributed by atoms with Gasteiger partial charge in [-0.25, -0.2) is 0 Å². The van der Waals surface area contributed by atoms with E-state index >= 15 is 0 Å². The van der Waals surface area contributed by atoms with Crippen LogP contribution in [0.2, 0.25) is 0 Å². The van der Waals surface area contributed by atoms with Gasteiger partial charge in [0.1, 0.15) is 0 Å². The summed E-state index contributed by atoms with van der Waals surface area (Å²) in [5.74, 6) is 0.103. The molecule has 1 heterocycles. The maximum absolute atomic E-state index is 12.2. The van der Waals surface area contributed by atoms with Crippen molar-refractivity contribution in [3.05, 3.63) is 36.0 Å². The van der Waals surface area contributed by atoms with Gasteiger partial charge in [-0.05, 0) is 24.5 Å². The molecule has 1 saturated carbocycles. The first kappa shape index (κ1) is 12.2. The van der Waals surface area contributed by atoms with Crippen LogP contribution in [0.15, 0.2) is 30.5 Å². The molecule has 1 aliphatic rings. The van der Waals surface area contributed by atoms with Crippen LogP contribution in [0, 0.1) is 5.41 Å². The molecule has 0 saturated heterocycles. The van der Waals surface area contributed by atoms with Gasteiger partial charge in [0, 0.05) is 30.2 Å². The summed E-state index contributed by atoms with van der Waals surface area (Å²) >= 11 is 0. The predicted octanol–water partition coefficient (Wildman–Crippen LogP) is 1.91. The summed E-state index contributed by atoms with van der Waals surface area (Å²) in [6.07, 6.45) is 4.91. The molecule has 1 aliphatic carbocycles. The SMILES string of the molecule is NCC1(C(=O)NCc2c[nH]c3ccccc23)CCC1. The zero-order valence-corrected chi connectivity index (χ0v) is 10.9. The van der Waals surface area contributed by atoms with Crippen molar-refractivity contribution in [2.45, 2.75) is 25.8 Å². The number of rotatable bonds is 4. The van der Waals surface area contributed by atoms with Gasteiger partial charge in [-0.2, -0.15) is 0 Å². The van der Waals surface area contributed by atoms with Gasteiger partial charge in [-0.15, -0.1) is 0 Å². The molecule has 4 N–H and O–H groups in total. The molecule has 0 radical (unpaired) electrons. The Hall–Kier alpha value is -1.81. The third-order valence-corrected chi connectivity index (χ3v) is 4.30. The van der Waals surface area contributed by atoms with Crippen LogP contribution in [-0.4, -0.2) is 17.4 Å². The number of hydrogen-bond acceptors (Lipinski definition) is 2. The van der Waals surface area contributed by atoms with Crippen molar-refractivity contribution in [2.24, 2.45) is 11.1 Å². The van der Waals surface area contributed by atoms with Gasteiger partial charge < -0.3 is 16.0 Å². The van der Waals surface area contributed by atoms with Gasteiger partial charge >= 0.3 is 0 Å². The molecule has 1 aromatic heterocycles. The van der Waals surface area contributed by atoms with E-state index in [1.54, 1.807) is 0 Å². The second-order valence-electron chi connectivity index (χ2n) is 5.38. The van der Waals surface area contributed by atoms with Crippen molar-refractivity contribution >= 4 is 16.8 Å². The summed E-state index contributed by atoms with van der Waals surface area (Å²) in [5, 5.41) is 4.20. The van der Waals surface area contributed by atoms with Crippen LogP contribution in [0.4, 0.5) is 0 Å². The minimum absolute atomic E-state index is 0.103. The highest BCUT2D eigenvalue weighted by Gasteiger charge is 2.42. The van der Waals surface area contributed by atoms with Crippen molar-refractivity contribution in [1.29, 1.82) is 0 Å². The molecule has 1 amide bonds. The number of carbonyl (C=O) groups is 1. The summed E-state index contributed by atoms with van der Waals surface area (Å²) in [4.78, 5) is 15.4. The van der Waals surface area contributed by atoms with E-state index in [0.29, 0.717) is 13.1 Å². The molecule has 1 aromatic carbocycles.